The number of rotatable bonds is 4. The highest BCUT2D eigenvalue weighted by Crippen LogP contribution is 2.16. The first-order chi connectivity index (χ1) is 11.6. The normalized spacial score (nSPS) is 16.0. The molecule has 1 aromatic heterocycles. The van der Waals surface area contributed by atoms with Crippen LogP contribution < -0.4 is 10.9 Å². The van der Waals surface area contributed by atoms with E-state index in [0.717, 1.165) is 25.9 Å². The Bertz CT molecular complexity index is 746. The summed E-state index contributed by atoms with van der Waals surface area (Å²) in [4.78, 5) is 27.9. The van der Waals surface area contributed by atoms with Crippen LogP contribution >= 0.6 is 0 Å². The highest BCUT2D eigenvalue weighted by molar-refractivity contribution is 5.93. The standard InChI is InChI=1S/C18H20FN3O2/c19-16-4-2-1-3-14(16)12-22-9-7-15(8-10-22)21-18(24)13-5-6-17(23)20-11-13/h1-6,11,15H,7-10,12H2,(H,20,23)(H,21,24). The Morgan fingerprint density at radius 2 is 1.96 bits per heavy atom. The van der Waals surface area contributed by atoms with Crippen LogP contribution in [0.5, 0.6) is 0 Å². The quantitative estimate of drug-likeness (QED) is 0.900. The number of hydrogen-bond donors (Lipinski definition) is 2. The lowest BCUT2D eigenvalue weighted by Gasteiger charge is -2.32. The van der Waals surface area contributed by atoms with E-state index < -0.39 is 0 Å². The van der Waals surface area contributed by atoms with Gasteiger partial charge in [-0.25, -0.2) is 4.39 Å². The smallest absolute Gasteiger partial charge is 0.252 e. The van der Waals surface area contributed by atoms with E-state index in [1.807, 2.05) is 6.07 Å². The van der Waals surface area contributed by atoms with Crippen LogP contribution in [0.2, 0.25) is 0 Å². The predicted octanol–water partition coefficient (Wildman–Crippen LogP) is 1.91. The van der Waals surface area contributed by atoms with Gasteiger partial charge in [0.15, 0.2) is 0 Å². The van der Waals surface area contributed by atoms with E-state index in [2.05, 4.69) is 15.2 Å². The van der Waals surface area contributed by atoms with Crippen molar-refractivity contribution in [1.82, 2.24) is 15.2 Å². The number of H-pyrrole nitrogens is 1. The van der Waals surface area contributed by atoms with E-state index in [1.165, 1.54) is 24.4 Å². The minimum absolute atomic E-state index is 0.0984. The molecule has 0 bridgehead atoms. The molecule has 1 aliphatic heterocycles. The number of hydrogen-bond acceptors (Lipinski definition) is 3. The number of piperidine rings is 1. The molecule has 0 atom stereocenters. The molecule has 2 aromatic rings. The highest BCUT2D eigenvalue weighted by Gasteiger charge is 2.21. The molecule has 6 heteroatoms. The lowest BCUT2D eigenvalue weighted by Crippen LogP contribution is -2.44. The molecule has 1 saturated heterocycles. The van der Waals surface area contributed by atoms with Crippen LogP contribution in [-0.4, -0.2) is 34.9 Å². The molecule has 24 heavy (non-hydrogen) atoms. The summed E-state index contributed by atoms with van der Waals surface area (Å²) in [5.41, 5.74) is 0.921. The van der Waals surface area contributed by atoms with Gasteiger partial charge in [0, 0.05) is 43.5 Å². The first-order valence-corrected chi connectivity index (χ1v) is 8.07. The number of nitrogens with zero attached hydrogens (tertiary/aromatic N) is 1. The Morgan fingerprint density at radius 3 is 2.62 bits per heavy atom. The van der Waals surface area contributed by atoms with Gasteiger partial charge < -0.3 is 10.3 Å². The fourth-order valence-corrected chi connectivity index (χ4v) is 2.92. The van der Waals surface area contributed by atoms with Crippen LogP contribution in [0.25, 0.3) is 0 Å². The van der Waals surface area contributed by atoms with Crippen molar-refractivity contribution in [2.75, 3.05) is 13.1 Å². The van der Waals surface area contributed by atoms with Crippen LogP contribution in [0, 0.1) is 5.82 Å². The number of benzene rings is 1. The maximum absolute atomic E-state index is 13.7. The molecule has 2 heterocycles. The minimum Gasteiger partial charge on any atom is -0.349 e. The molecule has 126 valence electrons. The van der Waals surface area contributed by atoms with Crippen LogP contribution in [0.1, 0.15) is 28.8 Å². The average molecular weight is 329 g/mol. The van der Waals surface area contributed by atoms with Gasteiger partial charge in [-0.1, -0.05) is 18.2 Å². The molecule has 0 radical (unpaired) electrons. The van der Waals surface area contributed by atoms with Crippen molar-refractivity contribution in [2.45, 2.75) is 25.4 Å². The summed E-state index contributed by atoms with van der Waals surface area (Å²) < 4.78 is 13.7. The number of carbonyl (C=O) groups excluding carboxylic acids is 1. The summed E-state index contributed by atoms with van der Waals surface area (Å²) in [6, 6.07) is 9.77. The number of likely N-dealkylation sites (tertiary alicyclic amines) is 1. The topological polar surface area (TPSA) is 65.2 Å². The summed E-state index contributed by atoms with van der Waals surface area (Å²) in [6.07, 6.45) is 3.07. The van der Waals surface area contributed by atoms with Crippen LogP contribution in [0.15, 0.2) is 47.4 Å². The van der Waals surface area contributed by atoms with Gasteiger partial charge in [-0.2, -0.15) is 0 Å². The van der Waals surface area contributed by atoms with E-state index in [9.17, 15) is 14.0 Å². The van der Waals surface area contributed by atoms with Gasteiger partial charge >= 0.3 is 0 Å². The monoisotopic (exact) mass is 329 g/mol. The SMILES string of the molecule is O=C(NC1CCN(Cc2ccccc2F)CC1)c1ccc(=O)[nH]c1. The Hall–Kier alpha value is -2.47. The molecule has 5 nitrogen and oxygen atoms in total. The molecular weight excluding hydrogens is 309 g/mol. The molecule has 3 rings (SSSR count). The molecule has 1 aromatic carbocycles. The molecule has 1 aliphatic rings. The predicted molar refractivity (Wildman–Crippen MR) is 89.2 cm³/mol. The second kappa shape index (κ2) is 7.40. The zero-order chi connectivity index (χ0) is 16.9. The van der Waals surface area contributed by atoms with E-state index in [1.54, 1.807) is 12.1 Å². The fourth-order valence-electron chi connectivity index (χ4n) is 2.92. The van der Waals surface area contributed by atoms with E-state index in [0.29, 0.717) is 17.7 Å². The van der Waals surface area contributed by atoms with Crippen LogP contribution in [0.3, 0.4) is 0 Å². The van der Waals surface area contributed by atoms with Crippen molar-refractivity contribution in [3.8, 4) is 0 Å². The van der Waals surface area contributed by atoms with Gasteiger partial charge in [0.1, 0.15) is 5.82 Å². The molecule has 0 unspecified atom stereocenters. The van der Waals surface area contributed by atoms with E-state index >= 15 is 0 Å². The third kappa shape index (κ3) is 4.08. The third-order valence-corrected chi connectivity index (χ3v) is 4.32. The molecule has 2 N–H and O–H groups in total. The summed E-state index contributed by atoms with van der Waals surface area (Å²) in [5.74, 6) is -0.357. The van der Waals surface area contributed by atoms with Gasteiger partial charge in [0.25, 0.3) is 5.91 Å². The number of amides is 1. The number of aromatic amines is 1. The number of aromatic nitrogens is 1. The molecular formula is C18H20FN3O2. The largest absolute Gasteiger partial charge is 0.349 e. The van der Waals surface area contributed by atoms with Crippen molar-refractivity contribution < 1.29 is 9.18 Å². The Morgan fingerprint density at radius 1 is 1.21 bits per heavy atom. The Labute approximate surface area is 139 Å². The van der Waals surface area contributed by atoms with Crippen molar-refractivity contribution in [3.05, 3.63) is 69.9 Å². The van der Waals surface area contributed by atoms with Crippen molar-refractivity contribution in [1.29, 1.82) is 0 Å². The van der Waals surface area contributed by atoms with Crippen molar-refractivity contribution >= 4 is 5.91 Å². The van der Waals surface area contributed by atoms with Gasteiger partial charge in [-0.05, 0) is 25.0 Å². The summed E-state index contributed by atoms with van der Waals surface area (Å²) in [5, 5.41) is 2.99. The zero-order valence-electron chi connectivity index (χ0n) is 13.3. The first kappa shape index (κ1) is 16.4. The average Bonchev–Trinajstić information content (AvgIpc) is 2.59. The second-order valence-electron chi connectivity index (χ2n) is 6.06. The molecule has 0 spiro atoms. The minimum atomic E-state index is -0.229. The van der Waals surface area contributed by atoms with Gasteiger partial charge in [-0.15, -0.1) is 0 Å². The maximum atomic E-state index is 13.7. The molecule has 0 saturated carbocycles. The number of halogens is 1. The molecule has 1 amide bonds. The third-order valence-electron chi connectivity index (χ3n) is 4.32. The number of nitrogens with one attached hydrogen (secondary N) is 2. The summed E-state index contributed by atoms with van der Waals surface area (Å²) in [7, 11) is 0. The van der Waals surface area contributed by atoms with E-state index in [-0.39, 0.29) is 23.3 Å². The van der Waals surface area contributed by atoms with Gasteiger partial charge in [0.05, 0.1) is 5.56 Å². The zero-order valence-corrected chi connectivity index (χ0v) is 13.3. The summed E-state index contributed by atoms with van der Waals surface area (Å²) >= 11 is 0. The number of pyridine rings is 1. The van der Waals surface area contributed by atoms with Crippen LogP contribution in [-0.2, 0) is 6.54 Å². The first-order valence-electron chi connectivity index (χ1n) is 8.07. The molecule has 0 aliphatic carbocycles. The number of carbonyl (C=O) groups is 1. The lowest BCUT2D eigenvalue weighted by atomic mass is 10.0. The van der Waals surface area contributed by atoms with Crippen molar-refractivity contribution in [2.24, 2.45) is 0 Å². The summed E-state index contributed by atoms with van der Waals surface area (Å²) in [6.45, 7) is 2.21. The van der Waals surface area contributed by atoms with Crippen molar-refractivity contribution in [3.63, 3.8) is 0 Å². The highest BCUT2D eigenvalue weighted by atomic mass is 19.1. The Balaban J connectivity index is 1.50. The lowest BCUT2D eigenvalue weighted by molar-refractivity contribution is 0.0908. The van der Waals surface area contributed by atoms with Gasteiger partial charge in [-0.3, -0.25) is 14.5 Å². The molecule has 1 fully saturated rings. The van der Waals surface area contributed by atoms with Gasteiger partial charge in [0.2, 0.25) is 5.56 Å². The second-order valence-corrected chi connectivity index (χ2v) is 6.06. The maximum Gasteiger partial charge on any atom is 0.252 e. The van der Waals surface area contributed by atoms with Crippen LogP contribution in [0.4, 0.5) is 4.39 Å². The van der Waals surface area contributed by atoms with E-state index in [4.69, 9.17) is 0 Å². The fraction of sp³-hybridized carbons (Fsp3) is 0.333. The Kier molecular flexibility index (Phi) is 5.05.